The Bertz CT molecular complexity index is 1430. The van der Waals surface area contributed by atoms with Crippen LogP contribution in [0, 0.1) is 0 Å². The number of methoxy groups -OCH3 is 3. The van der Waals surface area contributed by atoms with E-state index in [2.05, 4.69) is 62.3 Å². The number of carbonyl (C=O) groups excluding carboxylic acids is 3. The van der Waals surface area contributed by atoms with Crippen molar-refractivity contribution in [3.05, 3.63) is 86.5 Å². The molecule has 0 N–H and O–H groups in total. The molecule has 0 unspecified atom stereocenters. The summed E-state index contributed by atoms with van der Waals surface area (Å²) in [5.41, 5.74) is 7.00. The van der Waals surface area contributed by atoms with Crippen molar-refractivity contribution >= 4 is 17.3 Å². The summed E-state index contributed by atoms with van der Waals surface area (Å²) in [5.74, 6) is 1.70. The quantitative estimate of drug-likeness (QED) is 0.285. The van der Waals surface area contributed by atoms with Crippen LogP contribution in [-0.4, -0.2) is 38.7 Å². The van der Waals surface area contributed by atoms with E-state index in [-0.39, 0.29) is 72.1 Å². The van der Waals surface area contributed by atoms with Crippen LogP contribution in [0.5, 0.6) is 17.2 Å². The highest BCUT2D eigenvalue weighted by molar-refractivity contribution is 5.89. The number of Topliss-reactive ketones (excluding diaryl/α,β-unsaturated/α-hetero) is 3. The Balaban J connectivity index is 2.01. The van der Waals surface area contributed by atoms with Crippen molar-refractivity contribution in [3.63, 3.8) is 0 Å². The van der Waals surface area contributed by atoms with Gasteiger partial charge in [-0.3, -0.25) is 14.4 Å². The molecule has 258 valence electrons. The number of hydrogen-bond donors (Lipinski definition) is 0. The number of carbonyl (C=O) groups is 3. The van der Waals surface area contributed by atoms with E-state index < -0.39 is 0 Å². The molecule has 48 heavy (non-hydrogen) atoms. The second-order valence-corrected chi connectivity index (χ2v) is 16.4. The summed E-state index contributed by atoms with van der Waals surface area (Å²) < 4.78 is 17.8. The number of fused-ring (bicyclic) bond motifs is 6. The highest BCUT2D eigenvalue weighted by atomic mass is 16.5. The molecule has 3 aromatic rings. The van der Waals surface area contributed by atoms with E-state index in [1.807, 2.05) is 36.4 Å². The number of ether oxygens (including phenoxy) is 3. The third kappa shape index (κ3) is 8.37. The van der Waals surface area contributed by atoms with Gasteiger partial charge in [-0.15, -0.1) is 0 Å². The molecular formula is C42H54O6. The summed E-state index contributed by atoms with van der Waals surface area (Å²) in [7, 11) is 4.80. The van der Waals surface area contributed by atoms with E-state index in [0.29, 0.717) is 17.2 Å². The van der Waals surface area contributed by atoms with Crippen molar-refractivity contribution in [1.82, 2.24) is 0 Å². The van der Waals surface area contributed by atoms with Crippen LogP contribution in [0.1, 0.15) is 112 Å². The molecule has 0 fully saturated rings. The molecule has 0 radical (unpaired) electrons. The molecule has 6 nitrogen and oxygen atoms in total. The summed E-state index contributed by atoms with van der Waals surface area (Å²) in [6.45, 7) is 19.1. The molecular weight excluding hydrogens is 600 g/mol. The normalized spacial score (nSPS) is 15.1. The van der Waals surface area contributed by atoms with Gasteiger partial charge < -0.3 is 14.2 Å². The van der Waals surface area contributed by atoms with Crippen molar-refractivity contribution in [1.29, 1.82) is 0 Å². The largest absolute Gasteiger partial charge is 0.496 e. The van der Waals surface area contributed by atoms with Gasteiger partial charge in [-0.05, 0) is 32.9 Å². The molecule has 1 aliphatic carbocycles. The van der Waals surface area contributed by atoms with E-state index in [1.54, 1.807) is 21.3 Å². The van der Waals surface area contributed by atoms with Gasteiger partial charge in [-0.25, -0.2) is 0 Å². The van der Waals surface area contributed by atoms with Crippen molar-refractivity contribution in [2.75, 3.05) is 21.3 Å². The van der Waals surface area contributed by atoms with Gasteiger partial charge in [0.05, 0.1) is 21.3 Å². The van der Waals surface area contributed by atoms with Crippen molar-refractivity contribution in [3.8, 4) is 17.2 Å². The molecule has 1 aliphatic rings. The lowest BCUT2D eigenvalue weighted by molar-refractivity contribution is -0.118. The molecule has 0 atom stereocenters. The summed E-state index contributed by atoms with van der Waals surface area (Å²) >= 11 is 0. The van der Waals surface area contributed by atoms with Crippen LogP contribution in [0.2, 0.25) is 0 Å². The second kappa shape index (κ2) is 13.9. The average Bonchev–Trinajstić information content (AvgIpc) is 2.94. The zero-order valence-electron chi connectivity index (χ0n) is 31.2. The predicted octanol–water partition coefficient (Wildman–Crippen LogP) is 7.98. The molecule has 0 heterocycles. The summed E-state index contributed by atoms with van der Waals surface area (Å²) in [6, 6.07) is 12.2. The monoisotopic (exact) mass is 654 g/mol. The van der Waals surface area contributed by atoms with Crippen LogP contribution in [0.15, 0.2) is 36.4 Å². The molecule has 0 aliphatic heterocycles. The van der Waals surface area contributed by atoms with Gasteiger partial charge in [0.25, 0.3) is 0 Å². The topological polar surface area (TPSA) is 78.9 Å². The number of ketones is 3. The minimum Gasteiger partial charge on any atom is -0.496 e. The van der Waals surface area contributed by atoms with Crippen LogP contribution >= 0.6 is 0 Å². The fourth-order valence-corrected chi connectivity index (χ4v) is 6.60. The SMILES string of the molecule is COc1c2cc(C(C)(C)C)cc1CC(=O)Cc1cc(C(C)(C)C)cc(c1OC)CC(=O)Cc1cc(C(C)(C)C)cc(c1OC)CC(=O)C2. The average molecular weight is 655 g/mol. The van der Waals surface area contributed by atoms with Crippen LogP contribution in [0.4, 0.5) is 0 Å². The van der Waals surface area contributed by atoms with Gasteiger partial charge in [-0.1, -0.05) is 98.7 Å². The summed E-state index contributed by atoms with van der Waals surface area (Å²) in [5, 5.41) is 0. The molecule has 0 aromatic heterocycles. The van der Waals surface area contributed by atoms with E-state index in [9.17, 15) is 14.4 Å². The summed E-state index contributed by atoms with van der Waals surface area (Å²) in [4.78, 5) is 41.7. The minimum atomic E-state index is -0.219. The Morgan fingerprint density at radius 2 is 0.542 bits per heavy atom. The van der Waals surface area contributed by atoms with E-state index in [4.69, 9.17) is 14.2 Å². The zero-order valence-corrected chi connectivity index (χ0v) is 31.2. The fraction of sp³-hybridized carbons (Fsp3) is 0.500. The molecule has 4 rings (SSSR count). The third-order valence-corrected chi connectivity index (χ3v) is 9.26. The van der Waals surface area contributed by atoms with Crippen LogP contribution in [-0.2, 0) is 69.2 Å². The Kier molecular flexibility index (Phi) is 10.7. The molecule has 6 heteroatoms. The van der Waals surface area contributed by atoms with Crippen molar-refractivity contribution in [2.24, 2.45) is 0 Å². The zero-order chi connectivity index (χ0) is 35.8. The third-order valence-electron chi connectivity index (χ3n) is 9.26. The molecule has 6 bridgehead atoms. The highest BCUT2D eigenvalue weighted by Gasteiger charge is 2.27. The van der Waals surface area contributed by atoms with Crippen LogP contribution in [0.25, 0.3) is 0 Å². The molecule has 3 aromatic carbocycles. The van der Waals surface area contributed by atoms with E-state index in [1.165, 1.54) is 0 Å². The standard InChI is InChI=1S/C42H54O6/c1-40(2,3)31-13-25-19-34(43)21-27-15-32(41(4,5)6)17-29(38(27)47-11)23-36(45)24-30-18-33(42(7,8)9)16-28(39(30)48-12)22-35(44)20-26(14-31)37(25)46-10/h13-18H,19-24H2,1-12H3. The van der Waals surface area contributed by atoms with Gasteiger partial charge in [-0.2, -0.15) is 0 Å². The van der Waals surface area contributed by atoms with Gasteiger partial charge in [0.15, 0.2) is 0 Å². The lowest BCUT2D eigenvalue weighted by atomic mass is 9.81. The first kappa shape index (κ1) is 36.9. The Hall–Kier alpha value is -3.93. The van der Waals surface area contributed by atoms with E-state index >= 15 is 0 Å². The summed E-state index contributed by atoms with van der Waals surface area (Å²) in [6.07, 6.45) is 0.811. The van der Waals surface area contributed by atoms with Crippen LogP contribution in [0.3, 0.4) is 0 Å². The maximum absolute atomic E-state index is 13.9. The first-order valence-corrected chi connectivity index (χ1v) is 16.9. The van der Waals surface area contributed by atoms with Gasteiger partial charge in [0.1, 0.15) is 34.6 Å². The molecule has 0 amide bonds. The van der Waals surface area contributed by atoms with E-state index in [0.717, 1.165) is 50.1 Å². The van der Waals surface area contributed by atoms with Gasteiger partial charge in [0, 0.05) is 71.9 Å². The lowest BCUT2D eigenvalue weighted by Crippen LogP contribution is -2.19. The highest BCUT2D eigenvalue weighted by Crippen LogP contribution is 2.38. The van der Waals surface area contributed by atoms with Gasteiger partial charge >= 0.3 is 0 Å². The number of rotatable bonds is 3. The lowest BCUT2D eigenvalue weighted by Gasteiger charge is -2.25. The van der Waals surface area contributed by atoms with Crippen molar-refractivity contribution < 1.29 is 28.6 Å². The molecule has 0 saturated carbocycles. The smallest absolute Gasteiger partial charge is 0.141 e. The maximum atomic E-state index is 13.9. The van der Waals surface area contributed by atoms with Gasteiger partial charge in [0.2, 0.25) is 0 Å². The Labute approximate surface area is 287 Å². The Morgan fingerprint density at radius 3 is 0.667 bits per heavy atom. The molecule has 0 spiro atoms. The minimum absolute atomic E-state index is 0.00573. The van der Waals surface area contributed by atoms with Crippen LogP contribution < -0.4 is 14.2 Å². The number of benzene rings is 3. The first-order chi connectivity index (χ1) is 22.2. The molecule has 0 saturated heterocycles. The van der Waals surface area contributed by atoms with Crippen molar-refractivity contribution in [2.45, 2.75) is 117 Å². The fourth-order valence-electron chi connectivity index (χ4n) is 6.60. The second-order valence-electron chi connectivity index (χ2n) is 16.4. The first-order valence-electron chi connectivity index (χ1n) is 16.9. The maximum Gasteiger partial charge on any atom is 0.141 e. The Morgan fingerprint density at radius 1 is 0.375 bits per heavy atom. The number of hydrogen-bond acceptors (Lipinski definition) is 6. The predicted molar refractivity (Wildman–Crippen MR) is 192 cm³/mol.